The molecule has 0 aromatic carbocycles. The number of hydrogen-bond acceptors (Lipinski definition) is 2. The average molecular weight is 328 g/mol. The van der Waals surface area contributed by atoms with E-state index in [-0.39, 0.29) is 51.4 Å². The van der Waals surface area contributed by atoms with Crippen molar-refractivity contribution in [2.45, 2.75) is 27.7 Å². The molecule has 0 aliphatic heterocycles. The molecular formula is C4H19KO6P2S2. The van der Waals surface area contributed by atoms with Gasteiger partial charge in [-0.15, -0.1) is 0 Å². The molecule has 15 heavy (non-hydrogen) atoms. The van der Waals surface area contributed by atoms with Crippen LogP contribution < -0.4 is 0 Å². The number of rotatable bonds is 0. The molecule has 0 bridgehead atoms. The van der Waals surface area contributed by atoms with Crippen LogP contribution in [0.5, 0.6) is 0 Å². The van der Waals surface area contributed by atoms with Crippen LogP contribution in [0.1, 0.15) is 27.7 Å². The molecule has 6 N–H and O–H groups in total. The van der Waals surface area contributed by atoms with Crippen molar-refractivity contribution in [2.24, 2.45) is 0 Å². The van der Waals surface area contributed by atoms with Gasteiger partial charge >= 0.3 is 64.8 Å². The zero-order valence-electron chi connectivity index (χ0n) is 8.39. The van der Waals surface area contributed by atoms with E-state index in [2.05, 4.69) is 23.6 Å². The van der Waals surface area contributed by atoms with E-state index < -0.39 is 13.4 Å². The number of hydrogen-bond donors (Lipinski definition) is 6. The van der Waals surface area contributed by atoms with Gasteiger partial charge in [-0.1, -0.05) is 27.7 Å². The van der Waals surface area contributed by atoms with Crippen molar-refractivity contribution in [1.82, 2.24) is 0 Å². The topological polar surface area (TPSA) is 121 Å². The summed E-state index contributed by atoms with van der Waals surface area (Å²) in [7, 11) is 0. The Balaban J connectivity index is -0.0000000318. The summed E-state index contributed by atoms with van der Waals surface area (Å²) in [5.41, 5.74) is 0. The van der Waals surface area contributed by atoms with Crippen molar-refractivity contribution in [3.8, 4) is 0 Å². The fourth-order valence-corrected chi connectivity index (χ4v) is 0. The summed E-state index contributed by atoms with van der Waals surface area (Å²) < 4.78 is 0. The summed E-state index contributed by atoms with van der Waals surface area (Å²) in [6, 6.07) is 0. The standard InChI is InChI=1S/2C2H6.K.2H3O3PS.H/c2*1-2;;2*1-4(2,3)5;/h2*1-2H3;;2*(H3,1,2,3,5);. The summed E-state index contributed by atoms with van der Waals surface area (Å²) in [5, 5.41) is 0. The van der Waals surface area contributed by atoms with Gasteiger partial charge in [-0.2, -0.15) is 0 Å². The fraction of sp³-hybridized carbons (Fsp3) is 1.00. The van der Waals surface area contributed by atoms with E-state index in [4.69, 9.17) is 29.4 Å². The van der Waals surface area contributed by atoms with Crippen molar-refractivity contribution >= 4 is 88.4 Å². The third-order valence-electron chi connectivity index (χ3n) is 0. The molecule has 0 rings (SSSR count). The van der Waals surface area contributed by atoms with Crippen LogP contribution in [0.4, 0.5) is 0 Å². The second-order valence-electron chi connectivity index (χ2n) is 1.03. The second kappa shape index (κ2) is 19.0. The quantitative estimate of drug-likeness (QED) is 0.267. The van der Waals surface area contributed by atoms with E-state index in [9.17, 15) is 0 Å². The summed E-state index contributed by atoms with van der Waals surface area (Å²) in [6.45, 7) is 0.389. The van der Waals surface area contributed by atoms with Crippen molar-refractivity contribution < 1.29 is 29.4 Å². The molecule has 0 radical (unpaired) electrons. The molecule has 0 aliphatic carbocycles. The summed E-state index contributed by atoms with van der Waals surface area (Å²) in [6.07, 6.45) is 0. The predicted octanol–water partition coefficient (Wildman–Crippen LogP) is -0.221. The van der Waals surface area contributed by atoms with Gasteiger partial charge in [-0.25, -0.2) is 0 Å². The van der Waals surface area contributed by atoms with Gasteiger partial charge in [-0.05, 0) is 23.6 Å². The predicted molar refractivity (Wildman–Crippen MR) is 71.7 cm³/mol. The van der Waals surface area contributed by atoms with Crippen molar-refractivity contribution in [3.63, 3.8) is 0 Å². The Morgan fingerprint density at radius 3 is 0.600 bits per heavy atom. The van der Waals surface area contributed by atoms with Crippen LogP contribution in [-0.4, -0.2) is 80.7 Å². The van der Waals surface area contributed by atoms with Crippen LogP contribution in [0.15, 0.2) is 0 Å². The molecule has 0 unspecified atom stereocenters. The zero-order chi connectivity index (χ0) is 13.0. The Labute approximate surface area is 143 Å². The van der Waals surface area contributed by atoms with Crippen molar-refractivity contribution in [1.29, 1.82) is 0 Å². The van der Waals surface area contributed by atoms with Gasteiger partial charge in [0.2, 0.25) is 0 Å². The molecule has 0 saturated heterocycles. The molecule has 0 aliphatic rings. The SMILES string of the molecule is CC.CC.OP(O)(O)=S.OP(O)(O)=S.[KH]. The van der Waals surface area contributed by atoms with Crippen LogP contribution >= 0.6 is 13.4 Å². The average Bonchev–Trinajstić information content (AvgIpc) is 1.88. The van der Waals surface area contributed by atoms with Crippen LogP contribution in [-0.2, 0) is 23.6 Å². The minimum absolute atomic E-state index is 0. The minimum atomic E-state index is -3.81. The monoisotopic (exact) mass is 328 g/mol. The molecule has 0 spiro atoms. The van der Waals surface area contributed by atoms with Gasteiger partial charge in [0.25, 0.3) is 0 Å². The molecule has 94 valence electrons. The van der Waals surface area contributed by atoms with Gasteiger partial charge < -0.3 is 29.4 Å². The third-order valence-corrected chi connectivity index (χ3v) is 0. The molecule has 0 fully saturated rings. The first-order chi connectivity index (χ1) is 6.00. The van der Waals surface area contributed by atoms with Gasteiger partial charge in [0.15, 0.2) is 0 Å². The molecule has 6 nitrogen and oxygen atoms in total. The normalized spacial score (nSPS) is 8.67. The fourth-order valence-electron chi connectivity index (χ4n) is 0. The van der Waals surface area contributed by atoms with Crippen LogP contribution in [0.2, 0.25) is 0 Å². The Hall–Kier alpha value is 2.70. The van der Waals surface area contributed by atoms with Gasteiger partial charge in [-0.3, -0.25) is 0 Å². The molecule has 0 heterocycles. The maximum atomic E-state index is 7.56. The van der Waals surface area contributed by atoms with E-state index >= 15 is 0 Å². The molecule has 11 heteroatoms. The zero-order valence-corrected chi connectivity index (χ0v) is 11.8. The molecule has 0 atom stereocenters. The molecule has 0 amide bonds. The van der Waals surface area contributed by atoms with Gasteiger partial charge in [0.1, 0.15) is 0 Å². The second-order valence-corrected chi connectivity index (χ2v) is 6.02. The van der Waals surface area contributed by atoms with E-state index in [1.54, 1.807) is 0 Å². The molecule has 0 saturated carbocycles. The van der Waals surface area contributed by atoms with Gasteiger partial charge in [0, 0.05) is 0 Å². The van der Waals surface area contributed by atoms with E-state index in [0.29, 0.717) is 0 Å². The molecule has 0 aromatic heterocycles. The first-order valence-electron chi connectivity index (χ1n) is 3.57. The Bertz CT molecular complexity index is 143. The van der Waals surface area contributed by atoms with E-state index in [0.717, 1.165) is 0 Å². The summed E-state index contributed by atoms with van der Waals surface area (Å²) in [5.74, 6) is 0. The third kappa shape index (κ3) is 496. The van der Waals surface area contributed by atoms with Crippen molar-refractivity contribution in [2.75, 3.05) is 0 Å². The van der Waals surface area contributed by atoms with Crippen LogP contribution in [0, 0.1) is 0 Å². The van der Waals surface area contributed by atoms with Crippen LogP contribution in [0.25, 0.3) is 0 Å². The first-order valence-corrected chi connectivity index (χ1v) is 8.89. The Morgan fingerprint density at radius 2 is 0.600 bits per heavy atom. The maximum absolute atomic E-state index is 7.56. The van der Waals surface area contributed by atoms with Crippen LogP contribution in [0.3, 0.4) is 0 Å². The van der Waals surface area contributed by atoms with E-state index in [1.165, 1.54) is 0 Å². The molecule has 0 aromatic rings. The summed E-state index contributed by atoms with van der Waals surface area (Å²) >= 11 is 7.21. The molecular weight excluding hydrogens is 309 g/mol. The van der Waals surface area contributed by atoms with Gasteiger partial charge in [0.05, 0.1) is 0 Å². The first kappa shape index (κ1) is 30.6. The summed E-state index contributed by atoms with van der Waals surface area (Å²) in [4.78, 5) is 45.3. The Morgan fingerprint density at radius 1 is 0.600 bits per heavy atom. The van der Waals surface area contributed by atoms with Crippen molar-refractivity contribution in [3.05, 3.63) is 0 Å². The van der Waals surface area contributed by atoms with E-state index in [1.807, 2.05) is 27.7 Å². The Kier molecular flexibility index (Phi) is 38.9.